The van der Waals surface area contributed by atoms with Gasteiger partial charge in [-0.15, -0.1) is 0 Å². The van der Waals surface area contributed by atoms with E-state index in [0.717, 1.165) is 0 Å². The lowest BCUT2D eigenvalue weighted by molar-refractivity contribution is -0.110. The molecule has 0 saturated heterocycles. The number of carbonyl (C=O) groups excluding carboxylic acids is 1. The summed E-state index contributed by atoms with van der Waals surface area (Å²) in [6.45, 7) is 1.61. The molecule has 4 nitrogen and oxygen atoms in total. The van der Waals surface area contributed by atoms with Gasteiger partial charge in [0.15, 0.2) is 0 Å². The summed E-state index contributed by atoms with van der Waals surface area (Å²) in [7, 11) is 0. The summed E-state index contributed by atoms with van der Waals surface area (Å²) in [5, 5.41) is 13.0. The summed E-state index contributed by atoms with van der Waals surface area (Å²) < 4.78 is 13.5. The van der Waals surface area contributed by atoms with E-state index in [9.17, 15) is 9.18 Å². The number of hydrogen-bond acceptors (Lipinski definition) is 3. The highest BCUT2D eigenvalue weighted by Gasteiger charge is 2.09. The topological polar surface area (TPSA) is 61.7 Å². The van der Waals surface area contributed by atoms with Gasteiger partial charge in [-0.2, -0.15) is 0 Å². The first-order valence-electron chi connectivity index (χ1n) is 3.99. The van der Waals surface area contributed by atoms with Crippen molar-refractivity contribution in [1.82, 2.24) is 0 Å². The quantitative estimate of drug-likeness (QED) is 0.494. The minimum absolute atomic E-state index is 0.169. The first-order valence-corrected chi connectivity index (χ1v) is 4.78. The lowest BCUT2D eigenvalue weighted by Gasteiger charge is -2.06. The molecule has 80 valence electrons. The van der Waals surface area contributed by atoms with Crippen LogP contribution in [0.4, 0.5) is 10.1 Å². The van der Waals surface area contributed by atoms with Gasteiger partial charge in [-0.3, -0.25) is 4.79 Å². The standard InChI is InChI=1S/C9H8BrFN2O2/c1-5-2-3-6(8(10)9(5)11)13-7(14)4-12-15/h2-4,15H,1H3,(H,13,14). The van der Waals surface area contributed by atoms with Gasteiger partial charge < -0.3 is 10.5 Å². The van der Waals surface area contributed by atoms with E-state index in [4.69, 9.17) is 5.21 Å². The molecule has 2 N–H and O–H groups in total. The van der Waals surface area contributed by atoms with Gasteiger partial charge in [0, 0.05) is 0 Å². The molecule has 6 heteroatoms. The average Bonchev–Trinajstić information content (AvgIpc) is 2.20. The number of amides is 1. The van der Waals surface area contributed by atoms with Gasteiger partial charge in [0.05, 0.1) is 10.2 Å². The fourth-order valence-corrected chi connectivity index (χ4v) is 1.50. The highest BCUT2D eigenvalue weighted by molar-refractivity contribution is 9.10. The first kappa shape index (κ1) is 11.6. The molecule has 0 aliphatic carbocycles. The summed E-state index contributed by atoms with van der Waals surface area (Å²) >= 11 is 3.01. The van der Waals surface area contributed by atoms with Crippen LogP contribution in [0.5, 0.6) is 0 Å². The molecular formula is C9H8BrFN2O2. The summed E-state index contributed by atoms with van der Waals surface area (Å²) in [6.07, 6.45) is 0.685. The molecule has 0 aliphatic heterocycles. The smallest absolute Gasteiger partial charge is 0.270 e. The van der Waals surface area contributed by atoms with Crippen molar-refractivity contribution in [2.75, 3.05) is 5.32 Å². The van der Waals surface area contributed by atoms with Gasteiger partial charge in [-0.25, -0.2) is 4.39 Å². The zero-order valence-electron chi connectivity index (χ0n) is 7.79. The minimum atomic E-state index is -0.638. The molecule has 1 aromatic rings. The number of nitrogens with one attached hydrogen (secondary N) is 1. The molecule has 0 spiro atoms. The van der Waals surface area contributed by atoms with Crippen LogP contribution in [-0.4, -0.2) is 17.3 Å². The van der Waals surface area contributed by atoms with Crippen molar-refractivity contribution in [3.05, 3.63) is 28.0 Å². The van der Waals surface area contributed by atoms with Crippen molar-refractivity contribution in [2.45, 2.75) is 6.92 Å². The second-order valence-electron chi connectivity index (χ2n) is 2.79. The van der Waals surface area contributed by atoms with Crippen LogP contribution in [0.15, 0.2) is 21.8 Å². The Balaban J connectivity index is 2.97. The number of anilines is 1. The SMILES string of the molecule is Cc1ccc(NC(=O)C=NO)c(Br)c1F. The van der Waals surface area contributed by atoms with Crippen LogP contribution in [0.2, 0.25) is 0 Å². The van der Waals surface area contributed by atoms with Crippen LogP contribution in [0.25, 0.3) is 0 Å². The Morgan fingerprint density at radius 1 is 1.67 bits per heavy atom. The van der Waals surface area contributed by atoms with E-state index in [2.05, 4.69) is 26.4 Å². The van der Waals surface area contributed by atoms with E-state index in [1.54, 1.807) is 13.0 Å². The van der Waals surface area contributed by atoms with Gasteiger partial charge >= 0.3 is 0 Å². The maximum absolute atomic E-state index is 13.3. The summed E-state index contributed by atoms with van der Waals surface area (Å²) in [6, 6.07) is 3.08. The molecule has 0 heterocycles. The van der Waals surface area contributed by atoms with E-state index in [0.29, 0.717) is 11.8 Å². The van der Waals surface area contributed by atoms with Gasteiger partial charge in [0.25, 0.3) is 5.91 Å². The monoisotopic (exact) mass is 274 g/mol. The highest BCUT2D eigenvalue weighted by atomic mass is 79.9. The van der Waals surface area contributed by atoms with Crippen molar-refractivity contribution in [1.29, 1.82) is 0 Å². The van der Waals surface area contributed by atoms with E-state index in [1.165, 1.54) is 6.07 Å². The summed E-state index contributed by atoms with van der Waals surface area (Å²) in [4.78, 5) is 11.0. The fourth-order valence-electron chi connectivity index (χ4n) is 0.960. The molecule has 0 aromatic heterocycles. The number of nitrogens with zero attached hydrogens (tertiary/aromatic N) is 1. The lowest BCUT2D eigenvalue weighted by atomic mass is 10.2. The zero-order chi connectivity index (χ0) is 11.4. The third kappa shape index (κ3) is 2.76. The molecule has 1 aromatic carbocycles. The van der Waals surface area contributed by atoms with Crippen LogP contribution < -0.4 is 5.32 Å². The summed E-state index contributed by atoms with van der Waals surface area (Å²) in [5.74, 6) is -1.07. The Kier molecular flexibility index (Phi) is 3.79. The van der Waals surface area contributed by atoms with Crippen LogP contribution in [0.1, 0.15) is 5.56 Å². The van der Waals surface area contributed by atoms with Crippen LogP contribution in [0, 0.1) is 12.7 Å². The Morgan fingerprint density at radius 2 is 2.33 bits per heavy atom. The Morgan fingerprint density at radius 3 is 2.93 bits per heavy atom. The van der Waals surface area contributed by atoms with E-state index < -0.39 is 11.7 Å². The van der Waals surface area contributed by atoms with Gasteiger partial charge in [-0.1, -0.05) is 11.2 Å². The molecule has 0 fully saturated rings. The molecule has 1 amide bonds. The predicted molar refractivity (Wildman–Crippen MR) is 57.7 cm³/mol. The number of hydrogen-bond donors (Lipinski definition) is 2. The van der Waals surface area contributed by atoms with Crippen LogP contribution in [-0.2, 0) is 4.79 Å². The fraction of sp³-hybridized carbons (Fsp3) is 0.111. The molecule has 0 atom stereocenters. The van der Waals surface area contributed by atoms with Crippen molar-refractivity contribution < 1.29 is 14.4 Å². The van der Waals surface area contributed by atoms with Gasteiger partial charge in [0.1, 0.15) is 12.0 Å². The Hall–Kier alpha value is -1.43. The van der Waals surface area contributed by atoms with Crippen molar-refractivity contribution in [2.24, 2.45) is 5.16 Å². The molecular weight excluding hydrogens is 267 g/mol. The zero-order valence-corrected chi connectivity index (χ0v) is 9.38. The maximum atomic E-state index is 13.3. The van der Waals surface area contributed by atoms with Crippen LogP contribution >= 0.6 is 15.9 Å². The molecule has 0 saturated carbocycles. The average molecular weight is 275 g/mol. The highest BCUT2D eigenvalue weighted by Crippen LogP contribution is 2.27. The predicted octanol–water partition coefficient (Wildman–Crippen LogP) is 2.30. The number of benzene rings is 1. The summed E-state index contributed by atoms with van der Waals surface area (Å²) in [5.41, 5.74) is 0.749. The lowest BCUT2D eigenvalue weighted by Crippen LogP contribution is -2.13. The molecule has 0 aliphatic rings. The molecule has 0 bridgehead atoms. The van der Waals surface area contributed by atoms with Crippen molar-refractivity contribution in [3.63, 3.8) is 0 Å². The second kappa shape index (κ2) is 4.88. The van der Waals surface area contributed by atoms with Gasteiger partial charge in [0.2, 0.25) is 0 Å². The number of halogens is 2. The van der Waals surface area contributed by atoms with E-state index >= 15 is 0 Å². The number of rotatable bonds is 2. The number of oxime groups is 1. The van der Waals surface area contributed by atoms with Crippen molar-refractivity contribution in [3.8, 4) is 0 Å². The minimum Gasteiger partial charge on any atom is -0.411 e. The van der Waals surface area contributed by atoms with Gasteiger partial charge in [-0.05, 0) is 34.5 Å². The number of aryl methyl sites for hydroxylation is 1. The maximum Gasteiger partial charge on any atom is 0.270 e. The molecule has 1 rings (SSSR count). The normalized spacial score (nSPS) is 10.6. The Bertz CT molecular complexity index is 421. The first-order chi connectivity index (χ1) is 7.06. The molecule has 15 heavy (non-hydrogen) atoms. The van der Waals surface area contributed by atoms with E-state index in [1.807, 2.05) is 0 Å². The third-order valence-corrected chi connectivity index (χ3v) is 2.48. The largest absolute Gasteiger partial charge is 0.411 e. The molecule has 0 radical (unpaired) electrons. The number of carbonyl (C=O) groups is 1. The van der Waals surface area contributed by atoms with E-state index in [-0.39, 0.29) is 10.2 Å². The molecule has 0 unspecified atom stereocenters. The Labute approximate surface area is 93.9 Å². The second-order valence-corrected chi connectivity index (χ2v) is 3.58. The van der Waals surface area contributed by atoms with Crippen molar-refractivity contribution >= 4 is 33.7 Å². The third-order valence-electron chi connectivity index (χ3n) is 1.71. The van der Waals surface area contributed by atoms with Crippen LogP contribution in [0.3, 0.4) is 0 Å².